The number of carbonyl (C=O) groups is 2. The molecule has 10 nitrogen and oxygen atoms in total. The third kappa shape index (κ3) is 4.84. The molecule has 5 rings (SSSR count). The van der Waals surface area contributed by atoms with Crippen LogP contribution in [0.5, 0.6) is 0 Å². The van der Waals surface area contributed by atoms with Crippen LogP contribution in [-0.2, 0) is 23.2 Å². The lowest BCUT2D eigenvalue weighted by atomic mass is 10.1. The standard InChI is InChI=1S/C26H26ClF3N6O4/c1-33-19-9-8-14(22(32)37)11-17(19)20-21(23(33)38)35(12-15-5-2-3-7-18(15)27)25(34-10-4-6-16(31)13-34)36(20)40-24(39)26(28,29)30/h2-3,5,7-9,11,16,25H,4,6,10,12-13,31H2,1H3,(H2,32,37)/t16-,25?/m1/s1. The fourth-order valence-corrected chi connectivity index (χ4v) is 5.50. The summed E-state index contributed by atoms with van der Waals surface area (Å²) in [7, 11) is 1.50. The van der Waals surface area contributed by atoms with Gasteiger partial charge in [0.15, 0.2) is 6.29 Å². The number of likely N-dealkylation sites (tertiary alicyclic amines) is 1. The van der Waals surface area contributed by atoms with E-state index in [1.807, 2.05) is 0 Å². The first-order valence-corrected chi connectivity index (χ1v) is 12.8. The number of hydrogen-bond acceptors (Lipinski definition) is 8. The van der Waals surface area contributed by atoms with E-state index in [0.717, 1.165) is 5.06 Å². The number of benzene rings is 2. The lowest BCUT2D eigenvalue weighted by Gasteiger charge is -2.42. The summed E-state index contributed by atoms with van der Waals surface area (Å²) in [5.41, 5.74) is 12.0. The highest BCUT2D eigenvalue weighted by Crippen LogP contribution is 2.45. The van der Waals surface area contributed by atoms with Crippen LogP contribution in [0.25, 0.3) is 10.9 Å². The number of carbonyl (C=O) groups excluding carboxylic acids is 2. The number of aryl methyl sites for hydroxylation is 1. The second-order valence-electron chi connectivity index (χ2n) is 9.82. The second-order valence-corrected chi connectivity index (χ2v) is 10.2. The Morgan fingerprint density at radius 2 is 1.88 bits per heavy atom. The summed E-state index contributed by atoms with van der Waals surface area (Å²) in [6.45, 7) is 0.637. The van der Waals surface area contributed by atoms with E-state index >= 15 is 0 Å². The van der Waals surface area contributed by atoms with Gasteiger partial charge in [-0.3, -0.25) is 14.5 Å². The normalized spacial score (nSPS) is 19.6. The van der Waals surface area contributed by atoms with Gasteiger partial charge in [-0.2, -0.15) is 18.2 Å². The summed E-state index contributed by atoms with van der Waals surface area (Å²) < 4.78 is 41.9. The minimum absolute atomic E-state index is 0.0145. The van der Waals surface area contributed by atoms with Crippen molar-refractivity contribution in [1.29, 1.82) is 0 Å². The second kappa shape index (κ2) is 10.3. The molecule has 1 saturated heterocycles. The fourth-order valence-electron chi connectivity index (χ4n) is 5.31. The van der Waals surface area contributed by atoms with Crippen molar-refractivity contribution in [3.05, 3.63) is 69.0 Å². The maximum absolute atomic E-state index is 13.9. The Kier molecular flexibility index (Phi) is 7.15. The van der Waals surface area contributed by atoms with Gasteiger partial charge in [-0.1, -0.05) is 29.8 Å². The van der Waals surface area contributed by atoms with Crippen LogP contribution >= 0.6 is 11.6 Å². The minimum Gasteiger partial charge on any atom is -0.366 e. The molecule has 2 atom stereocenters. The summed E-state index contributed by atoms with van der Waals surface area (Å²) in [6, 6.07) is 10.8. The van der Waals surface area contributed by atoms with Crippen molar-refractivity contribution >= 4 is 45.8 Å². The monoisotopic (exact) mass is 578 g/mol. The molecule has 1 fully saturated rings. The Morgan fingerprint density at radius 1 is 1.15 bits per heavy atom. The van der Waals surface area contributed by atoms with E-state index in [4.69, 9.17) is 27.9 Å². The summed E-state index contributed by atoms with van der Waals surface area (Å²) in [5, 5.41) is 1.36. The van der Waals surface area contributed by atoms with Gasteiger partial charge in [-0.15, -0.1) is 0 Å². The molecule has 40 heavy (non-hydrogen) atoms. The average molecular weight is 579 g/mol. The molecule has 1 unspecified atom stereocenters. The minimum atomic E-state index is -5.33. The van der Waals surface area contributed by atoms with E-state index in [1.165, 1.54) is 29.8 Å². The van der Waals surface area contributed by atoms with Crippen molar-refractivity contribution in [2.75, 3.05) is 23.1 Å². The Bertz CT molecular complexity index is 1560. The molecule has 0 spiro atoms. The molecule has 1 aromatic heterocycles. The highest BCUT2D eigenvalue weighted by molar-refractivity contribution is 6.31. The van der Waals surface area contributed by atoms with Crippen LogP contribution in [0.3, 0.4) is 0 Å². The number of piperidine rings is 1. The number of hydroxylamine groups is 1. The van der Waals surface area contributed by atoms with E-state index in [-0.39, 0.29) is 47.0 Å². The molecular weight excluding hydrogens is 553 g/mol. The van der Waals surface area contributed by atoms with Crippen LogP contribution < -0.4 is 27.0 Å². The average Bonchev–Trinajstić information content (AvgIpc) is 3.21. The highest BCUT2D eigenvalue weighted by Gasteiger charge is 2.50. The zero-order valence-corrected chi connectivity index (χ0v) is 22.1. The smallest absolute Gasteiger partial charge is 0.366 e. The number of alkyl halides is 3. The summed E-state index contributed by atoms with van der Waals surface area (Å²) >= 11 is 6.45. The summed E-state index contributed by atoms with van der Waals surface area (Å²) in [5.74, 6) is -3.25. The number of nitrogens with zero attached hydrogens (tertiary/aromatic N) is 4. The van der Waals surface area contributed by atoms with Gasteiger partial charge in [-0.05, 0) is 42.7 Å². The van der Waals surface area contributed by atoms with Crippen molar-refractivity contribution in [2.45, 2.75) is 37.9 Å². The molecule has 212 valence electrons. The molecule has 0 saturated carbocycles. The molecule has 1 amide bonds. The fraction of sp³-hybridized carbons (Fsp3) is 0.346. The molecule has 3 aromatic rings. The maximum Gasteiger partial charge on any atom is 0.493 e. The first-order valence-electron chi connectivity index (χ1n) is 12.4. The van der Waals surface area contributed by atoms with Crippen molar-refractivity contribution in [1.82, 2.24) is 9.47 Å². The molecule has 3 heterocycles. The SMILES string of the molecule is Cn1c(=O)c2c(c3cc(C(N)=O)ccc31)N(OC(=O)C(F)(F)F)C(N1CCC[C@@H](N)C1)N2Cc1ccccc1Cl. The van der Waals surface area contributed by atoms with Crippen LogP contribution in [0.2, 0.25) is 5.02 Å². The van der Waals surface area contributed by atoms with Gasteiger partial charge in [0.2, 0.25) is 5.91 Å². The first kappa shape index (κ1) is 27.7. The molecule has 4 N–H and O–H groups in total. The van der Waals surface area contributed by atoms with Crippen LogP contribution in [-0.4, -0.2) is 52.9 Å². The van der Waals surface area contributed by atoms with E-state index in [0.29, 0.717) is 30.0 Å². The number of nitrogens with two attached hydrogens (primary N) is 2. The zero-order chi connectivity index (χ0) is 28.9. The molecule has 0 aliphatic carbocycles. The Morgan fingerprint density at radius 3 is 2.52 bits per heavy atom. The molecule has 2 aliphatic heterocycles. The number of hydrogen-bond donors (Lipinski definition) is 2. The van der Waals surface area contributed by atoms with Crippen molar-refractivity contribution in [2.24, 2.45) is 18.5 Å². The summed E-state index contributed by atoms with van der Waals surface area (Å²) in [4.78, 5) is 46.5. The highest BCUT2D eigenvalue weighted by atomic mass is 35.5. The topological polar surface area (TPSA) is 127 Å². The van der Waals surface area contributed by atoms with Gasteiger partial charge in [-0.25, -0.2) is 4.79 Å². The maximum atomic E-state index is 13.9. The predicted octanol–water partition coefficient (Wildman–Crippen LogP) is 2.84. The van der Waals surface area contributed by atoms with Crippen LogP contribution in [0, 0.1) is 0 Å². The number of halogens is 4. The van der Waals surface area contributed by atoms with E-state index in [9.17, 15) is 27.6 Å². The number of aromatic nitrogens is 1. The quantitative estimate of drug-likeness (QED) is 0.473. The molecule has 0 radical (unpaired) electrons. The van der Waals surface area contributed by atoms with Crippen molar-refractivity contribution in [3.8, 4) is 0 Å². The third-order valence-corrected chi connectivity index (χ3v) is 7.52. The number of rotatable bonds is 5. The number of primary amides is 1. The first-order chi connectivity index (χ1) is 18.9. The summed E-state index contributed by atoms with van der Waals surface area (Å²) in [6.07, 6.45) is -5.19. The molecular formula is C26H26ClF3N6O4. The van der Waals surface area contributed by atoms with Gasteiger partial charge in [0.1, 0.15) is 11.4 Å². The van der Waals surface area contributed by atoms with Crippen LogP contribution in [0.15, 0.2) is 47.3 Å². The number of pyridine rings is 1. The Hall–Kier alpha value is -3.81. The van der Waals surface area contributed by atoms with Crippen LogP contribution in [0.1, 0.15) is 28.8 Å². The lowest BCUT2D eigenvalue weighted by molar-refractivity contribution is -0.203. The van der Waals surface area contributed by atoms with Crippen molar-refractivity contribution < 1.29 is 27.6 Å². The van der Waals surface area contributed by atoms with Gasteiger partial charge < -0.3 is 25.8 Å². The predicted molar refractivity (Wildman–Crippen MR) is 143 cm³/mol. The van der Waals surface area contributed by atoms with Crippen molar-refractivity contribution in [3.63, 3.8) is 0 Å². The largest absolute Gasteiger partial charge is 0.493 e. The zero-order valence-electron chi connectivity index (χ0n) is 21.3. The molecule has 2 aliphatic rings. The number of fused-ring (bicyclic) bond motifs is 3. The van der Waals surface area contributed by atoms with E-state index in [2.05, 4.69) is 0 Å². The third-order valence-electron chi connectivity index (χ3n) is 7.15. The Balaban J connectivity index is 1.81. The molecule has 2 aromatic carbocycles. The van der Waals surface area contributed by atoms with Crippen LogP contribution in [0.4, 0.5) is 24.5 Å². The van der Waals surface area contributed by atoms with E-state index < -0.39 is 29.9 Å². The van der Waals surface area contributed by atoms with E-state index in [1.54, 1.807) is 34.1 Å². The number of amides is 1. The molecule has 14 heteroatoms. The number of anilines is 2. The molecule has 0 bridgehead atoms. The van der Waals surface area contributed by atoms with Gasteiger partial charge in [0.05, 0.1) is 5.52 Å². The lowest BCUT2D eigenvalue weighted by Crippen LogP contribution is -2.60. The van der Waals surface area contributed by atoms with Gasteiger partial charge >= 0.3 is 12.1 Å². The van der Waals surface area contributed by atoms with Gasteiger partial charge in [0, 0.05) is 48.7 Å². The van der Waals surface area contributed by atoms with Gasteiger partial charge in [0.25, 0.3) is 5.56 Å². The Labute approximate surface area is 231 Å².